The second-order valence-electron chi connectivity index (χ2n) is 9.45. The Morgan fingerprint density at radius 1 is 0.923 bits per heavy atom. The molecule has 9 nitrogen and oxygen atoms in total. The van der Waals surface area contributed by atoms with E-state index in [9.17, 15) is 18.0 Å². The van der Waals surface area contributed by atoms with Crippen molar-refractivity contribution < 1.29 is 27.8 Å². The summed E-state index contributed by atoms with van der Waals surface area (Å²) in [6.45, 7) is 4.07. The number of nitrogens with zero attached hydrogens (tertiary/aromatic N) is 6. The normalized spacial score (nSPS) is 16.4. The van der Waals surface area contributed by atoms with Crippen LogP contribution in [0.4, 0.5) is 30.8 Å². The van der Waals surface area contributed by atoms with Crippen LogP contribution in [0.25, 0.3) is 11.3 Å². The van der Waals surface area contributed by atoms with Crippen molar-refractivity contribution in [2.75, 3.05) is 67.2 Å². The molecule has 0 radical (unpaired) electrons. The Kier molecular flexibility index (Phi) is 7.82. The van der Waals surface area contributed by atoms with E-state index in [4.69, 9.17) is 19.8 Å². The van der Waals surface area contributed by atoms with Gasteiger partial charge in [-0.3, -0.25) is 4.79 Å². The molecule has 2 fully saturated rings. The molecule has 2 aromatic heterocycles. The minimum Gasteiger partial charge on any atom is -0.481 e. The van der Waals surface area contributed by atoms with Gasteiger partial charge in [-0.2, -0.15) is 18.2 Å². The quantitative estimate of drug-likeness (QED) is 0.479. The van der Waals surface area contributed by atoms with Crippen LogP contribution in [0.1, 0.15) is 17.5 Å². The number of morpholine rings is 1. The number of hydrogen-bond donors (Lipinski definition) is 1. The molecule has 4 heterocycles. The second-order valence-corrected chi connectivity index (χ2v) is 9.45. The number of hydrogen-bond acceptors (Lipinski definition) is 8. The Morgan fingerprint density at radius 3 is 2.38 bits per heavy atom. The molecule has 2 saturated heterocycles. The standard InChI is InChI=1S/C27H29F3N6O3/c28-27(29,30)21-5-2-8-31-25(21)35-11-9-34(10-12-35)23-18-22(32-26(33-23)36-13-15-39-16-14-36)20-4-1-3-19(17-20)6-7-24(37)38/h1-5,8,17-18H,6-7,9-16H2,(H,37,38). The lowest BCUT2D eigenvalue weighted by molar-refractivity contribution is -0.138. The predicted octanol–water partition coefficient (Wildman–Crippen LogP) is 3.74. The van der Waals surface area contributed by atoms with Crippen LogP contribution in [-0.2, 0) is 22.1 Å². The van der Waals surface area contributed by atoms with Crippen LogP contribution in [0, 0.1) is 0 Å². The van der Waals surface area contributed by atoms with Crippen LogP contribution in [0.2, 0.25) is 0 Å². The summed E-state index contributed by atoms with van der Waals surface area (Å²) in [7, 11) is 0. The number of halogens is 3. The van der Waals surface area contributed by atoms with Crippen LogP contribution in [-0.4, -0.2) is 78.5 Å². The highest BCUT2D eigenvalue weighted by Crippen LogP contribution is 2.36. The smallest absolute Gasteiger partial charge is 0.419 e. The third-order valence-electron chi connectivity index (χ3n) is 6.84. The molecule has 2 aliphatic heterocycles. The van der Waals surface area contributed by atoms with Gasteiger partial charge in [0.25, 0.3) is 0 Å². The van der Waals surface area contributed by atoms with E-state index in [0.717, 1.165) is 17.2 Å². The van der Waals surface area contributed by atoms with Crippen molar-refractivity contribution in [1.82, 2.24) is 15.0 Å². The van der Waals surface area contributed by atoms with Crippen LogP contribution >= 0.6 is 0 Å². The Bertz CT molecular complexity index is 1310. The zero-order valence-electron chi connectivity index (χ0n) is 21.3. The van der Waals surface area contributed by atoms with Crippen molar-refractivity contribution in [2.24, 2.45) is 0 Å². The Hall–Kier alpha value is -3.93. The van der Waals surface area contributed by atoms with E-state index in [0.29, 0.717) is 76.4 Å². The minimum atomic E-state index is -4.48. The third-order valence-corrected chi connectivity index (χ3v) is 6.84. The van der Waals surface area contributed by atoms with Crippen LogP contribution in [0.5, 0.6) is 0 Å². The molecule has 1 aromatic carbocycles. The minimum absolute atomic E-state index is 0.0358. The largest absolute Gasteiger partial charge is 0.481 e. The monoisotopic (exact) mass is 542 g/mol. The zero-order valence-corrected chi connectivity index (χ0v) is 21.3. The van der Waals surface area contributed by atoms with Gasteiger partial charge in [0.15, 0.2) is 0 Å². The van der Waals surface area contributed by atoms with Gasteiger partial charge >= 0.3 is 12.1 Å². The second kappa shape index (κ2) is 11.4. The SMILES string of the molecule is O=C(O)CCc1cccc(-c2cc(N3CCN(c4ncccc4C(F)(F)F)CC3)nc(N3CCOCC3)n2)c1. The van der Waals surface area contributed by atoms with Gasteiger partial charge in [0, 0.05) is 63.5 Å². The van der Waals surface area contributed by atoms with Gasteiger partial charge in [0.05, 0.1) is 24.5 Å². The van der Waals surface area contributed by atoms with E-state index in [1.807, 2.05) is 30.3 Å². The Labute approximate surface area is 223 Å². The summed E-state index contributed by atoms with van der Waals surface area (Å²) in [6.07, 6.45) is -2.65. The van der Waals surface area contributed by atoms with E-state index < -0.39 is 17.7 Å². The van der Waals surface area contributed by atoms with Gasteiger partial charge < -0.3 is 24.5 Å². The number of benzene rings is 1. The van der Waals surface area contributed by atoms with Gasteiger partial charge in [-0.25, -0.2) is 9.97 Å². The molecular weight excluding hydrogens is 513 g/mol. The first-order valence-electron chi connectivity index (χ1n) is 12.8. The fourth-order valence-corrected chi connectivity index (χ4v) is 4.79. The molecule has 1 N–H and O–H groups in total. The van der Waals surface area contributed by atoms with E-state index >= 15 is 0 Å². The number of piperazine rings is 1. The van der Waals surface area contributed by atoms with E-state index in [-0.39, 0.29) is 12.2 Å². The molecule has 39 heavy (non-hydrogen) atoms. The lowest BCUT2D eigenvalue weighted by Crippen LogP contribution is -2.48. The van der Waals surface area contributed by atoms with Crippen LogP contribution in [0.3, 0.4) is 0 Å². The molecule has 0 amide bonds. The highest BCUT2D eigenvalue weighted by atomic mass is 19.4. The van der Waals surface area contributed by atoms with Crippen LogP contribution < -0.4 is 14.7 Å². The molecular formula is C27H29F3N6O3. The van der Waals surface area contributed by atoms with Gasteiger partial charge in [0.1, 0.15) is 11.6 Å². The summed E-state index contributed by atoms with van der Waals surface area (Å²) in [4.78, 5) is 30.5. The van der Waals surface area contributed by atoms with Gasteiger partial charge in [-0.05, 0) is 30.2 Å². The lowest BCUT2D eigenvalue weighted by Gasteiger charge is -2.37. The zero-order chi connectivity index (χ0) is 27.4. The summed E-state index contributed by atoms with van der Waals surface area (Å²) in [6, 6.07) is 11.9. The van der Waals surface area contributed by atoms with E-state index in [1.165, 1.54) is 12.3 Å². The molecule has 0 saturated carbocycles. The van der Waals surface area contributed by atoms with E-state index in [2.05, 4.69) is 14.8 Å². The van der Waals surface area contributed by atoms with Gasteiger partial charge in [-0.1, -0.05) is 18.2 Å². The number of aliphatic carboxylic acids is 1. The Balaban J connectivity index is 1.41. The first-order chi connectivity index (χ1) is 18.8. The van der Waals surface area contributed by atoms with Gasteiger partial charge in [0.2, 0.25) is 5.95 Å². The fraction of sp³-hybridized carbons (Fsp3) is 0.407. The number of aromatic nitrogens is 3. The number of alkyl halides is 3. The molecule has 0 unspecified atom stereocenters. The van der Waals surface area contributed by atoms with Crippen molar-refractivity contribution in [1.29, 1.82) is 0 Å². The lowest BCUT2D eigenvalue weighted by atomic mass is 10.0. The molecule has 2 aliphatic rings. The average Bonchev–Trinajstić information content (AvgIpc) is 2.96. The van der Waals surface area contributed by atoms with Crippen molar-refractivity contribution in [3.63, 3.8) is 0 Å². The molecule has 0 atom stereocenters. The fourth-order valence-electron chi connectivity index (χ4n) is 4.79. The van der Waals surface area contributed by atoms with Crippen molar-refractivity contribution in [3.05, 3.63) is 59.8 Å². The molecule has 0 bridgehead atoms. The third kappa shape index (κ3) is 6.39. The summed E-state index contributed by atoms with van der Waals surface area (Å²) < 4.78 is 46.1. The summed E-state index contributed by atoms with van der Waals surface area (Å²) in [5, 5.41) is 9.06. The molecule has 206 valence electrons. The number of carboxylic acids is 1. The van der Waals surface area contributed by atoms with E-state index in [1.54, 1.807) is 4.90 Å². The predicted molar refractivity (Wildman–Crippen MR) is 140 cm³/mol. The summed E-state index contributed by atoms with van der Waals surface area (Å²) in [5.74, 6) is 0.342. The van der Waals surface area contributed by atoms with Gasteiger partial charge in [-0.15, -0.1) is 0 Å². The maximum Gasteiger partial charge on any atom is 0.419 e. The number of ether oxygens (including phenoxy) is 1. The maximum absolute atomic E-state index is 13.6. The highest BCUT2D eigenvalue weighted by Gasteiger charge is 2.36. The number of rotatable bonds is 7. The molecule has 3 aromatic rings. The molecule has 12 heteroatoms. The number of aryl methyl sites for hydroxylation is 1. The molecule has 0 aliphatic carbocycles. The first kappa shape index (κ1) is 26.7. The maximum atomic E-state index is 13.6. The molecule has 0 spiro atoms. The summed E-state index contributed by atoms with van der Waals surface area (Å²) >= 11 is 0. The van der Waals surface area contributed by atoms with Crippen molar-refractivity contribution in [2.45, 2.75) is 19.0 Å². The number of anilines is 3. The average molecular weight is 543 g/mol. The summed E-state index contributed by atoms with van der Waals surface area (Å²) in [5.41, 5.74) is 1.70. The Morgan fingerprint density at radius 2 is 1.67 bits per heavy atom. The first-order valence-corrected chi connectivity index (χ1v) is 12.8. The van der Waals surface area contributed by atoms with Crippen molar-refractivity contribution in [3.8, 4) is 11.3 Å². The number of carbonyl (C=O) groups is 1. The number of carboxylic acid groups (broad SMARTS) is 1. The topological polar surface area (TPSA) is 94.9 Å². The molecule has 5 rings (SSSR count). The number of pyridine rings is 1. The van der Waals surface area contributed by atoms with Crippen LogP contribution in [0.15, 0.2) is 48.7 Å². The van der Waals surface area contributed by atoms with Crippen molar-refractivity contribution >= 4 is 23.6 Å². The highest BCUT2D eigenvalue weighted by molar-refractivity contribution is 5.68.